The number of rotatable bonds is 0. The second-order valence-electron chi connectivity index (χ2n) is 2.36. The number of carbonyl (C=O) groups excluding carboxylic acids is 3. The first kappa shape index (κ1) is 29.1. The zero-order valence-electron chi connectivity index (χ0n) is 9.14. The second kappa shape index (κ2) is 10.7. The van der Waals surface area contributed by atoms with Gasteiger partial charge < -0.3 is 29.7 Å². The van der Waals surface area contributed by atoms with E-state index in [0.717, 1.165) is 0 Å². The molecule has 6 nitrogen and oxygen atoms in total. The summed E-state index contributed by atoms with van der Waals surface area (Å²) in [5, 5.41) is 26.4. The van der Waals surface area contributed by atoms with Crippen LogP contribution in [0.4, 0.5) is 39.5 Å². The number of halogens is 9. The molecule has 0 rings (SSSR count). The van der Waals surface area contributed by atoms with E-state index in [-0.39, 0.29) is 37.3 Å². The predicted octanol–water partition coefficient (Wildman–Crippen LogP) is -2.10. The van der Waals surface area contributed by atoms with Gasteiger partial charge in [-0.2, -0.15) is 39.5 Å². The number of hydrogen-bond donors (Lipinski definition) is 0. The van der Waals surface area contributed by atoms with Gasteiger partial charge in [0.2, 0.25) is 0 Å². The second-order valence-corrected chi connectivity index (χ2v) is 2.36. The van der Waals surface area contributed by atoms with Gasteiger partial charge in [-0.05, 0) is 0 Å². The first-order chi connectivity index (χ1) is 8.83. The molecule has 0 aliphatic heterocycles. The van der Waals surface area contributed by atoms with Crippen molar-refractivity contribution in [2.24, 2.45) is 0 Å². The fourth-order valence-electron chi connectivity index (χ4n) is 0. The van der Waals surface area contributed by atoms with Gasteiger partial charge in [0.1, 0.15) is 17.9 Å². The minimum absolute atomic E-state index is 0. The molecule has 0 bridgehead atoms. The van der Waals surface area contributed by atoms with E-state index in [1.807, 2.05) is 0 Å². The third-order valence-corrected chi connectivity index (χ3v) is 0.694. The summed E-state index contributed by atoms with van der Waals surface area (Å²) in [6.07, 6.45) is -15.6. The monoisotopic (exact) mass is 505 g/mol. The van der Waals surface area contributed by atoms with Crippen molar-refractivity contribution in [2.75, 3.05) is 0 Å². The summed E-state index contributed by atoms with van der Waals surface area (Å²) < 4.78 is 94.6. The molecule has 0 atom stereocenters. The van der Waals surface area contributed by atoms with Crippen molar-refractivity contribution in [3.63, 3.8) is 0 Å². The molecule has 16 heteroatoms. The maximum Gasteiger partial charge on any atom is 3.00 e. The van der Waals surface area contributed by atoms with Crippen molar-refractivity contribution in [2.45, 2.75) is 18.5 Å². The Kier molecular flexibility index (Phi) is 14.2. The van der Waals surface area contributed by atoms with Crippen LogP contribution >= 0.6 is 0 Å². The molecule has 0 aromatic rings. The Morgan fingerprint density at radius 3 is 0.545 bits per heavy atom. The average molecular weight is 506 g/mol. The number of aliphatic carboxylic acids is 3. The largest absolute Gasteiger partial charge is 3.00 e. The fourth-order valence-corrected chi connectivity index (χ4v) is 0. The Morgan fingerprint density at radius 1 is 0.500 bits per heavy atom. The summed E-state index contributed by atoms with van der Waals surface area (Å²) >= 11 is 0. The smallest absolute Gasteiger partial charge is 0.542 e. The van der Waals surface area contributed by atoms with E-state index >= 15 is 0 Å². The number of carboxylic acid groups (broad SMARTS) is 3. The standard InChI is InChI=1S/3C2HF3O2.Er/c3*3-2(4,5)1(6)7;/h3*(H,6,7);/q;;;+3/p-3. The Bertz CT molecular complexity index is 313. The summed E-state index contributed by atoms with van der Waals surface area (Å²) in [7, 11) is 0. The van der Waals surface area contributed by atoms with Crippen molar-refractivity contribution in [1.29, 1.82) is 0 Å². The summed E-state index contributed by atoms with van der Waals surface area (Å²) in [5.41, 5.74) is 0. The molecule has 0 amide bonds. The molecule has 135 valence electrons. The molecule has 0 aliphatic carbocycles. The predicted molar refractivity (Wildman–Crippen MR) is 33.2 cm³/mol. The Hall–Kier alpha value is -0.973. The van der Waals surface area contributed by atoms with E-state index < -0.39 is 36.4 Å². The third-order valence-electron chi connectivity index (χ3n) is 0.694. The van der Waals surface area contributed by atoms with Crippen LogP contribution in [0.2, 0.25) is 0 Å². The van der Waals surface area contributed by atoms with Gasteiger partial charge in [0.25, 0.3) is 0 Å². The quantitative estimate of drug-likeness (QED) is 0.347. The van der Waals surface area contributed by atoms with Crippen LogP contribution in [0.1, 0.15) is 0 Å². The molecule has 22 heavy (non-hydrogen) atoms. The minimum atomic E-state index is -5.19. The molecule has 1 radical (unpaired) electrons. The van der Waals surface area contributed by atoms with E-state index in [2.05, 4.69) is 0 Å². The van der Waals surface area contributed by atoms with Gasteiger partial charge in [0, 0.05) is 0 Å². The maximum atomic E-state index is 10.5. The van der Waals surface area contributed by atoms with Gasteiger partial charge in [-0.3, -0.25) is 0 Å². The molecular weight excluding hydrogens is 506 g/mol. The fraction of sp³-hybridized carbons (Fsp3) is 0.500. The molecule has 0 unspecified atom stereocenters. The van der Waals surface area contributed by atoms with Crippen LogP contribution < -0.4 is 15.3 Å². The molecule has 0 aliphatic rings. The van der Waals surface area contributed by atoms with Crippen LogP contribution in [-0.4, -0.2) is 36.4 Å². The molecule has 0 N–H and O–H groups in total. The molecule has 0 fully saturated rings. The van der Waals surface area contributed by atoms with Crippen LogP contribution in [-0.2, 0) is 14.4 Å². The summed E-state index contributed by atoms with van der Waals surface area (Å²) in [4.78, 5) is 26.4. The van der Waals surface area contributed by atoms with Crippen LogP contribution in [0.25, 0.3) is 0 Å². The summed E-state index contributed by atoms with van der Waals surface area (Å²) in [6, 6.07) is 0. The van der Waals surface area contributed by atoms with Crippen LogP contribution in [0.15, 0.2) is 0 Å². The van der Waals surface area contributed by atoms with Gasteiger partial charge in [-0.1, -0.05) is 0 Å². The van der Waals surface area contributed by atoms with E-state index in [1.54, 1.807) is 0 Å². The van der Waals surface area contributed by atoms with Gasteiger partial charge >= 0.3 is 55.8 Å². The number of carbonyl (C=O) groups is 3. The molecule has 0 aromatic carbocycles. The van der Waals surface area contributed by atoms with Gasteiger partial charge in [-0.15, -0.1) is 0 Å². The Balaban J connectivity index is -0.000000108. The Labute approximate surface area is 143 Å². The maximum absolute atomic E-state index is 10.5. The van der Waals surface area contributed by atoms with E-state index in [4.69, 9.17) is 29.7 Å². The van der Waals surface area contributed by atoms with Crippen molar-refractivity contribution in [3.05, 3.63) is 0 Å². The molecule has 0 saturated carbocycles. The summed E-state index contributed by atoms with van der Waals surface area (Å²) in [5.74, 6) is -9.02. The van der Waals surface area contributed by atoms with Gasteiger partial charge in [0.05, 0.1) is 0 Å². The van der Waals surface area contributed by atoms with Crippen LogP contribution in [0, 0.1) is 37.3 Å². The van der Waals surface area contributed by atoms with Crippen LogP contribution in [0.3, 0.4) is 0 Å². The molecule has 0 saturated heterocycles. The number of alkyl halides is 9. The topological polar surface area (TPSA) is 120 Å². The Morgan fingerprint density at radius 2 is 0.545 bits per heavy atom. The molecule has 0 aromatic heterocycles. The number of carboxylic acids is 3. The van der Waals surface area contributed by atoms with Gasteiger partial charge in [0.15, 0.2) is 0 Å². The molecule has 0 heterocycles. The van der Waals surface area contributed by atoms with Crippen molar-refractivity contribution < 1.29 is 107 Å². The minimum Gasteiger partial charge on any atom is -0.542 e. The average Bonchev–Trinajstić information content (AvgIpc) is 2.14. The zero-order chi connectivity index (χ0) is 18.2. The van der Waals surface area contributed by atoms with Gasteiger partial charge in [-0.25, -0.2) is 0 Å². The van der Waals surface area contributed by atoms with Crippen molar-refractivity contribution in [3.8, 4) is 0 Å². The number of hydrogen-bond acceptors (Lipinski definition) is 6. The van der Waals surface area contributed by atoms with Crippen LogP contribution in [0.5, 0.6) is 0 Å². The van der Waals surface area contributed by atoms with Crippen molar-refractivity contribution >= 4 is 17.9 Å². The normalized spacial score (nSPS) is 10.8. The van der Waals surface area contributed by atoms with E-state index in [1.165, 1.54) is 0 Å². The first-order valence-corrected chi connectivity index (χ1v) is 3.68. The molecule has 0 spiro atoms. The SMILES string of the molecule is O=C([O-])C(F)(F)F.O=C([O-])C(F)(F)F.O=C([O-])C(F)(F)F.[Er+3]. The van der Waals surface area contributed by atoms with E-state index in [0.29, 0.717) is 0 Å². The van der Waals surface area contributed by atoms with Crippen molar-refractivity contribution in [1.82, 2.24) is 0 Å². The zero-order valence-corrected chi connectivity index (χ0v) is 11.0. The first-order valence-electron chi connectivity index (χ1n) is 3.68. The molecular formula is C6ErF9O6. The third kappa shape index (κ3) is 21.3. The summed E-state index contributed by atoms with van der Waals surface area (Å²) in [6.45, 7) is 0. The van der Waals surface area contributed by atoms with E-state index in [9.17, 15) is 39.5 Å².